The Morgan fingerprint density at radius 3 is 2.25 bits per heavy atom. The quantitative estimate of drug-likeness (QED) is 0.560. The second kappa shape index (κ2) is 5.54. The Labute approximate surface area is 94.1 Å². The molecule has 0 aromatic heterocycles. The molecular weight excluding hydrogens is 362 g/mol. The molecule has 0 heterocycles. The van der Waals surface area contributed by atoms with Crippen LogP contribution in [0.15, 0.2) is 24.3 Å². The van der Waals surface area contributed by atoms with Crippen molar-refractivity contribution in [3.63, 3.8) is 0 Å². The Kier molecular flexibility index (Phi) is 5.50. The van der Waals surface area contributed by atoms with Crippen LogP contribution in [-0.4, -0.2) is 5.91 Å². The van der Waals surface area contributed by atoms with Crippen molar-refractivity contribution in [3.8, 4) is 0 Å². The molecule has 1 aromatic carbocycles. The number of hydrogen-bond acceptors (Lipinski definition) is 1. The number of anilines is 1. The summed E-state index contributed by atoms with van der Waals surface area (Å²) in [6, 6.07) is 7.97. The number of rotatable bonds is 1. The molecule has 1 N–H and O–H groups in total. The topological polar surface area (TPSA) is 29.1 Å². The van der Waals surface area contributed by atoms with Crippen molar-refractivity contribution in [2.75, 3.05) is 5.32 Å². The maximum Gasteiger partial charge on any atom is -1.00 e. The van der Waals surface area contributed by atoms with Crippen LogP contribution < -0.4 is 20.8 Å². The van der Waals surface area contributed by atoms with Crippen LogP contribution in [0.3, 0.4) is 0 Å². The molecule has 0 fully saturated rings. The normalized spacial score (nSPS) is 8.58. The number of carbonyl (C=O) groups is 1. The van der Waals surface area contributed by atoms with E-state index in [4.69, 9.17) is 0 Å². The summed E-state index contributed by atoms with van der Waals surface area (Å²) in [6.45, 7) is 1.51. The molecule has 4 heteroatoms. The van der Waals surface area contributed by atoms with Gasteiger partial charge in [-0.25, -0.2) is 0 Å². The van der Waals surface area contributed by atoms with E-state index in [9.17, 15) is 4.79 Å². The first-order valence-electron chi connectivity index (χ1n) is 3.38. The van der Waals surface area contributed by atoms with Gasteiger partial charge in [0.1, 0.15) is 0 Å². The van der Waals surface area contributed by atoms with Gasteiger partial charge in [-0.2, -0.15) is 0 Å². The van der Waals surface area contributed by atoms with Gasteiger partial charge in [-0.1, -0.05) is 0 Å². The molecule has 0 saturated heterocycles. The predicted octanol–water partition coefficient (Wildman–Crippen LogP) is -2.18. The summed E-state index contributed by atoms with van der Waals surface area (Å²) in [5, 5.41) is 2.71. The fourth-order valence-electron chi connectivity index (χ4n) is 0.791. The van der Waals surface area contributed by atoms with E-state index in [-0.39, 0.29) is 18.3 Å². The third-order valence-electron chi connectivity index (χ3n) is 1.27. The maximum atomic E-state index is 10.6. The Bertz CT molecular complexity index is 260. The van der Waals surface area contributed by atoms with Gasteiger partial charge in [-0.3, -0.25) is 0 Å². The van der Waals surface area contributed by atoms with Crippen molar-refractivity contribution >= 4 is 14.7 Å². The van der Waals surface area contributed by atoms with Crippen LogP contribution in [0.2, 0.25) is 0 Å². The zero-order valence-electron chi connectivity index (χ0n) is 6.80. The molecule has 0 aliphatic rings. The minimum absolute atomic E-state index is 0. The zero-order valence-corrected chi connectivity index (χ0v) is 13.1. The third-order valence-corrected chi connectivity index (χ3v) is 3.11. The molecule has 0 spiro atoms. The number of amides is 1. The Hall–Kier alpha value is -0.0849. The van der Waals surface area contributed by atoms with Gasteiger partial charge in [0.15, 0.2) is 0 Å². The molecule has 1 aromatic rings. The average molecular weight is 370 g/mol. The van der Waals surface area contributed by atoms with Crippen molar-refractivity contribution in [1.29, 1.82) is 0 Å². The molecule has 1 amide bonds. The van der Waals surface area contributed by atoms with Crippen LogP contribution in [0.5, 0.6) is 0 Å². The fraction of sp³-hybridized carbons (Fsp3) is 0.125. The fourth-order valence-corrected chi connectivity index (χ4v) is 1.71. The number of carbonyl (C=O) groups excluding carboxylic acids is 1. The number of halogens is 1. The Morgan fingerprint density at radius 1 is 1.33 bits per heavy atom. The van der Waals surface area contributed by atoms with E-state index in [0.29, 0.717) is 26.1 Å². The molecule has 0 saturated carbocycles. The summed E-state index contributed by atoms with van der Waals surface area (Å²) >= 11 is 0.676. The molecule has 0 atom stereocenters. The predicted molar refractivity (Wildman–Crippen MR) is 40.4 cm³/mol. The van der Waals surface area contributed by atoms with Gasteiger partial charge in [-0.15, -0.1) is 0 Å². The van der Waals surface area contributed by atoms with E-state index in [1.54, 1.807) is 0 Å². The first kappa shape index (κ1) is 11.9. The maximum absolute atomic E-state index is 10.6. The SMILES string of the molecule is CC(=O)Nc1cc[c]([Hg+])cc1.[Cl-]. The van der Waals surface area contributed by atoms with E-state index in [0.717, 1.165) is 5.69 Å². The number of hydrogen-bond donors (Lipinski definition) is 1. The zero-order chi connectivity index (χ0) is 8.27. The molecular formula is C8H8ClHgNO. The summed E-state index contributed by atoms with van der Waals surface area (Å²) in [5.41, 5.74) is 0.881. The number of nitrogens with one attached hydrogen (secondary N) is 1. The molecule has 60 valence electrons. The summed E-state index contributed by atoms with van der Waals surface area (Å²) in [4.78, 5) is 10.6. The van der Waals surface area contributed by atoms with Gasteiger partial charge >= 0.3 is 82.1 Å². The average Bonchev–Trinajstić information content (AvgIpc) is 1.93. The molecule has 0 radical (unpaired) electrons. The Balaban J connectivity index is 0.00000121. The minimum atomic E-state index is -0.0176. The van der Waals surface area contributed by atoms with Crippen LogP contribution in [0.25, 0.3) is 0 Å². The molecule has 2 nitrogen and oxygen atoms in total. The van der Waals surface area contributed by atoms with Crippen molar-refractivity contribution in [1.82, 2.24) is 0 Å². The van der Waals surface area contributed by atoms with Gasteiger partial charge in [0.05, 0.1) is 0 Å². The van der Waals surface area contributed by atoms with E-state index in [2.05, 4.69) is 5.32 Å². The number of benzene rings is 1. The van der Waals surface area contributed by atoms with E-state index in [1.807, 2.05) is 24.3 Å². The van der Waals surface area contributed by atoms with Crippen LogP contribution >= 0.6 is 0 Å². The smallest absolute Gasteiger partial charge is 1.00 e. The van der Waals surface area contributed by atoms with Crippen LogP contribution in [-0.2, 0) is 30.9 Å². The van der Waals surface area contributed by atoms with Crippen molar-refractivity contribution < 1.29 is 43.3 Å². The van der Waals surface area contributed by atoms with Crippen LogP contribution in [0.1, 0.15) is 6.92 Å². The third kappa shape index (κ3) is 4.07. The molecule has 0 aliphatic carbocycles. The minimum Gasteiger partial charge on any atom is -1.00 e. The molecule has 12 heavy (non-hydrogen) atoms. The monoisotopic (exact) mass is 371 g/mol. The van der Waals surface area contributed by atoms with Crippen molar-refractivity contribution in [2.24, 2.45) is 0 Å². The van der Waals surface area contributed by atoms with Gasteiger partial charge in [0.25, 0.3) is 0 Å². The van der Waals surface area contributed by atoms with E-state index < -0.39 is 0 Å². The van der Waals surface area contributed by atoms with Gasteiger partial charge in [-0.05, 0) is 0 Å². The van der Waals surface area contributed by atoms with Gasteiger partial charge in [0, 0.05) is 0 Å². The van der Waals surface area contributed by atoms with Crippen molar-refractivity contribution in [2.45, 2.75) is 6.92 Å². The first-order chi connectivity index (χ1) is 5.18. The molecule has 0 aliphatic heterocycles. The molecule has 0 unspecified atom stereocenters. The van der Waals surface area contributed by atoms with E-state index >= 15 is 0 Å². The van der Waals surface area contributed by atoms with Crippen LogP contribution in [0, 0.1) is 0 Å². The largest absolute Gasteiger partial charge is 1.00 e. The summed E-state index contributed by atoms with van der Waals surface area (Å²) < 4.78 is 1.39. The second-order valence-electron chi connectivity index (χ2n) is 2.38. The summed E-state index contributed by atoms with van der Waals surface area (Å²) in [7, 11) is 0. The second-order valence-corrected chi connectivity index (χ2v) is 5.55. The van der Waals surface area contributed by atoms with Crippen molar-refractivity contribution in [3.05, 3.63) is 24.3 Å². The van der Waals surface area contributed by atoms with Gasteiger partial charge < -0.3 is 12.4 Å². The Morgan fingerprint density at radius 2 is 1.83 bits per heavy atom. The standard InChI is InChI=1S/C8H8NO.ClH.Hg/c1-7(10)9-8-5-3-2-4-6-8;;/h3-6H,1H3,(H,9,10);1H;/q;;+1/p-1. The summed E-state index contributed by atoms with van der Waals surface area (Å²) in [6.07, 6.45) is 0. The molecule has 1 rings (SSSR count). The van der Waals surface area contributed by atoms with Crippen LogP contribution in [0.4, 0.5) is 5.69 Å². The first-order valence-corrected chi connectivity index (χ1v) is 6.13. The van der Waals surface area contributed by atoms with Gasteiger partial charge in [0.2, 0.25) is 0 Å². The van der Waals surface area contributed by atoms with E-state index in [1.165, 1.54) is 10.00 Å². The molecule has 0 bridgehead atoms. The summed E-state index contributed by atoms with van der Waals surface area (Å²) in [5.74, 6) is -0.0176.